The second kappa shape index (κ2) is 6.60. The fourth-order valence-corrected chi connectivity index (χ4v) is 3.50. The van der Waals surface area contributed by atoms with Crippen LogP contribution >= 0.6 is 0 Å². The van der Waals surface area contributed by atoms with Crippen LogP contribution in [0.5, 0.6) is 0 Å². The van der Waals surface area contributed by atoms with Gasteiger partial charge in [-0.25, -0.2) is 0 Å². The van der Waals surface area contributed by atoms with Crippen molar-refractivity contribution in [3.8, 4) is 0 Å². The molecule has 2 rings (SSSR count). The smallest absolute Gasteiger partial charge is 0.193 e. The largest absolute Gasteiger partial charge is 0.355 e. The molecule has 0 unspecified atom stereocenters. The number of aliphatic imine (C=N–C) groups is 1. The second-order valence-electron chi connectivity index (χ2n) is 6.25. The van der Waals surface area contributed by atoms with Crippen LogP contribution in [0.4, 0.5) is 0 Å². The highest BCUT2D eigenvalue weighted by molar-refractivity contribution is 5.80. The third-order valence-electron chi connectivity index (χ3n) is 4.93. The number of hydrogen-bond acceptors (Lipinski definition) is 2. The molecule has 1 aliphatic heterocycles. The highest BCUT2D eigenvalue weighted by Gasteiger charge is 2.40. The summed E-state index contributed by atoms with van der Waals surface area (Å²) in [6.45, 7) is 7.76. The predicted molar refractivity (Wildman–Crippen MR) is 81.6 cm³/mol. The molecule has 2 fully saturated rings. The van der Waals surface area contributed by atoms with Gasteiger partial charge in [-0.2, -0.15) is 0 Å². The van der Waals surface area contributed by atoms with Crippen molar-refractivity contribution in [3.05, 3.63) is 0 Å². The maximum absolute atomic E-state index is 4.46. The Balaban J connectivity index is 1.79. The first-order chi connectivity index (χ1) is 9.19. The van der Waals surface area contributed by atoms with Crippen LogP contribution in [0.15, 0.2) is 4.99 Å². The van der Waals surface area contributed by atoms with Gasteiger partial charge < -0.3 is 15.1 Å². The summed E-state index contributed by atoms with van der Waals surface area (Å²) in [7, 11) is 4.07. The number of rotatable bonds is 4. The zero-order valence-electron chi connectivity index (χ0n) is 12.9. The quantitative estimate of drug-likeness (QED) is 0.621. The van der Waals surface area contributed by atoms with Gasteiger partial charge >= 0.3 is 0 Å². The summed E-state index contributed by atoms with van der Waals surface area (Å²) in [5, 5.41) is 3.52. The molecular formula is C15H30N4. The van der Waals surface area contributed by atoms with Gasteiger partial charge in [0.25, 0.3) is 0 Å². The summed E-state index contributed by atoms with van der Waals surface area (Å²) in [6, 6.07) is 0. The lowest BCUT2D eigenvalue weighted by Gasteiger charge is -2.26. The van der Waals surface area contributed by atoms with Gasteiger partial charge in [-0.15, -0.1) is 0 Å². The summed E-state index contributed by atoms with van der Waals surface area (Å²) in [6.07, 6.45) is 7.09. The van der Waals surface area contributed by atoms with Crippen LogP contribution in [0.2, 0.25) is 0 Å². The van der Waals surface area contributed by atoms with Crippen LogP contribution in [0.25, 0.3) is 0 Å². The Bertz CT molecular complexity index is 307. The molecule has 1 saturated heterocycles. The lowest BCUT2D eigenvalue weighted by atomic mass is 9.86. The summed E-state index contributed by atoms with van der Waals surface area (Å²) in [5.74, 6) is 1.10. The first-order valence-electron chi connectivity index (χ1n) is 7.83. The Morgan fingerprint density at radius 3 is 2.68 bits per heavy atom. The molecule has 1 N–H and O–H groups in total. The Hall–Kier alpha value is -0.770. The van der Waals surface area contributed by atoms with E-state index in [1.165, 1.54) is 45.2 Å². The number of likely N-dealkylation sites (N-methyl/N-ethyl adjacent to an activating group) is 1. The fraction of sp³-hybridized carbons (Fsp3) is 0.933. The molecule has 0 atom stereocenters. The lowest BCUT2D eigenvalue weighted by Crippen LogP contribution is -2.43. The molecule has 0 bridgehead atoms. The monoisotopic (exact) mass is 266 g/mol. The van der Waals surface area contributed by atoms with Gasteiger partial charge in [0.15, 0.2) is 5.96 Å². The van der Waals surface area contributed by atoms with E-state index in [0.717, 1.165) is 25.6 Å². The zero-order chi connectivity index (χ0) is 13.7. The highest BCUT2D eigenvalue weighted by Crippen LogP contribution is 2.45. The normalized spacial score (nSPS) is 22.7. The first kappa shape index (κ1) is 14.6. The lowest BCUT2D eigenvalue weighted by molar-refractivity contribution is 0.307. The van der Waals surface area contributed by atoms with Crippen LogP contribution in [0.3, 0.4) is 0 Å². The molecule has 0 aromatic heterocycles. The van der Waals surface area contributed by atoms with E-state index in [4.69, 9.17) is 0 Å². The summed E-state index contributed by atoms with van der Waals surface area (Å²) in [5.41, 5.74) is 0.623. The van der Waals surface area contributed by atoms with E-state index in [1.807, 2.05) is 7.05 Å². The van der Waals surface area contributed by atoms with Gasteiger partial charge in [-0.1, -0.05) is 19.8 Å². The van der Waals surface area contributed by atoms with E-state index >= 15 is 0 Å². The van der Waals surface area contributed by atoms with Gasteiger partial charge in [-0.3, -0.25) is 4.99 Å². The minimum Gasteiger partial charge on any atom is -0.355 e. The van der Waals surface area contributed by atoms with E-state index in [0.29, 0.717) is 5.41 Å². The topological polar surface area (TPSA) is 30.9 Å². The van der Waals surface area contributed by atoms with Crippen LogP contribution in [0, 0.1) is 5.41 Å². The molecule has 4 nitrogen and oxygen atoms in total. The van der Waals surface area contributed by atoms with Crippen molar-refractivity contribution in [2.45, 2.75) is 39.0 Å². The van der Waals surface area contributed by atoms with Gasteiger partial charge in [0.2, 0.25) is 0 Å². The zero-order valence-corrected chi connectivity index (χ0v) is 12.9. The Labute approximate surface area is 118 Å². The summed E-state index contributed by atoms with van der Waals surface area (Å²) >= 11 is 0. The van der Waals surface area contributed by atoms with Crippen molar-refractivity contribution in [3.63, 3.8) is 0 Å². The van der Waals surface area contributed by atoms with Crippen LogP contribution in [0.1, 0.15) is 39.0 Å². The Morgan fingerprint density at radius 2 is 2.05 bits per heavy atom. The minimum atomic E-state index is 0.623. The third-order valence-corrected chi connectivity index (χ3v) is 4.93. The van der Waals surface area contributed by atoms with Crippen LogP contribution in [-0.2, 0) is 0 Å². The Morgan fingerprint density at radius 1 is 1.32 bits per heavy atom. The number of nitrogens with zero attached hydrogens (tertiary/aromatic N) is 3. The van der Waals surface area contributed by atoms with E-state index in [1.54, 1.807) is 0 Å². The van der Waals surface area contributed by atoms with Crippen molar-refractivity contribution in [1.82, 2.24) is 15.1 Å². The molecule has 0 radical (unpaired) electrons. The summed E-state index contributed by atoms with van der Waals surface area (Å²) in [4.78, 5) is 9.25. The average molecular weight is 266 g/mol. The van der Waals surface area contributed by atoms with Gasteiger partial charge in [0.05, 0.1) is 0 Å². The molecule has 1 heterocycles. The molecule has 19 heavy (non-hydrogen) atoms. The molecule has 0 aromatic carbocycles. The molecular weight excluding hydrogens is 236 g/mol. The molecule has 4 heteroatoms. The number of likely N-dealkylation sites (tertiary alicyclic amines) is 1. The second-order valence-corrected chi connectivity index (χ2v) is 6.25. The van der Waals surface area contributed by atoms with Gasteiger partial charge in [0.1, 0.15) is 0 Å². The van der Waals surface area contributed by atoms with Crippen molar-refractivity contribution >= 4 is 5.96 Å². The van der Waals surface area contributed by atoms with E-state index in [9.17, 15) is 0 Å². The number of nitrogens with one attached hydrogen (secondary N) is 1. The van der Waals surface area contributed by atoms with Gasteiger partial charge in [-0.05, 0) is 38.3 Å². The molecule has 1 aliphatic carbocycles. The first-order valence-corrected chi connectivity index (χ1v) is 7.83. The molecule has 0 aromatic rings. The fourth-order valence-electron chi connectivity index (χ4n) is 3.50. The molecule has 110 valence electrons. The maximum atomic E-state index is 4.46. The minimum absolute atomic E-state index is 0.623. The standard InChI is InChI=1S/C15H30N4/c1-4-18(3)12-10-17-14(16-2)19-11-9-15(13-19)7-5-6-8-15/h4-13H2,1-3H3,(H,16,17). The number of hydrogen-bond donors (Lipinski definition) is 1. The van der Waals surface area contributed by atoms with E-state index in [-0.39, 0.29) is 0 Å². The van der Waals surface area contributed by atoms with E-state index in [2.05, 4.69) is 34.1 Å². The highest BCUT2D eigenvalue weighted by atomic mass is 15.3. The third kappa shape index (κ3) is 3.62. The van der Waals surface area contributed by atoms with Crippen molar-refractivity contribution in [1.29, 1.82) is 0 Å². The maximum Gasteiger partial charge on any atom is 0.193 e. The Kier molecular flexibility index (Phi) is 5.08. The predicted octanol–water partition coefficient (Wildman–Crippen LogP) is 1.78. The molecule has 2 aliphatic rings. The summed E-state index contributed by atoms with van der Waals surface area (Å²) < 4.78 is 0. The molecule has 1 saturated carbocycles. The molecule has 0 amide bonds. The number of guanidine groups is 1. The van der Waals surface area contributed by atoms with Crippen molar-refractivity contribution in [2.24, 2.45) is 10.4 Å². The molecule has 1 spiro atoms. The van der Waals surface area contributed by atoms with Crippen molar-refractivity contribution in [2.75, 3.05) is 46.8 Å². The van der Waals surface area contributed by atoms with Gasteiger partial charge in [0, 0.05) is 33.2 Å². The van der Waals surface area contributed by atoms with Crippen molar-refractivity contribution < 1.29 is 0 Å². The van der Waals surface area contributed by atoms with Crippen LogP contribution in [-0.4, -0.2) is 62.6 Å². The SMILES string of the molecule is CCN(C)CCNC(=NC)N1CCC2(CCCC2)C1. The van der Waals surface area contributed by atoms with Crippen LogP contribution < -0.4 is 5.32 Å². The van der Waals surface area contributed by atoms with E-state index < -0.39 is 0 Å². The average Bonchev–Trinajstić information content (AvgIpc) is 3.05.